The lowest BCUT2D eigenvalue weighted by Gasteiger charge is -2.13. The second-order valence-electron chi connectivity index (χ2n) is 4.03. The normalized spacial score (nSPS) is 22.6. The fourth-order valence-corrected chi connectivity index (χ4v) is 4.59. The zero-order valence-electron chi connectivity index (χ0n) is 9.03. The Hall–Kier alpha value is -0.0700. The third-order valence-corrected chi connectivity index (χ3v) is 5.77. The summed E-state index contributed by atoms with van der Waals surface area (Å²) in [6.07, 6.45) is 0.381. The van der Waals surface area contributed by atoms with E-state index in [4.69, 9.17) is 4.74 Å². The van der Waals surface area contributed by atoms with Crippen molar-refractivity contribution >= 4 is 41.7 Å². The Bertz CT molecular complexity index is 513. The van der Waals surface area contributed by atoms with Crippen LogP contribution in [0, 0.1) is 0 Å². The molecule has 1 aliphatic heterocycles. The summed E-state index contributed by atoms with van der Waals surface area (Å²) in [5, 5.41) is 0.730. The van der Waals surface area contributed by atoms with Crippen LogP contribution in [0.5, 0.6) is 5.75 Å². The van der Waals surface area contributed by atoms with Crippen molar-refractivity contribution in [1.82, 2.24) is 0 Å². The molecule has 1 aromatic rings. The lowest BCUT2D eigenvalue weighted by Crippen LogP contribution is -2.17. The Balaban J connectivity index is 2.09. The third kappa shape index (κ3) is 3.45. The fourth-order valence-electron chi connectivity index (χ4n) is 1.77. The maximum atomic E-state index is 11.3. The molecule has 17 heavy (non-hydrogen) atoms. The largest absolute Gasteiger partial charge is 0.489 e. The summed E-state index contributed by atoms with van der Waals surface area (Å²) < 4.78 is 29.3. The highest BCUT2D eigenvalue weighted by Crippen LogP contribution is 2.26. The Labute approximate surface area is 118 Å². The first-order valence-corrected chi connectivity index (χ1v) is 8.95. The van der Waals surface area contributed by atoms with E-state index in [1.54, 1.807) is 0 Å². The summed E-state index contributed by atoms with van der Waals surface area (Å²) in [6, 6.07) is 5.68. The molecule has 3 nitrogen and oxygen atoms in total. The zero-order chi connectivity index (χ0) is 12.5. The molecule has 0 saturated carbocycles. The lowest BCUT2D eigenvalue weighted by atomic mass is 10.2. The average Bonchev–Trinajstić information content (AvgIpc) is 2.61. The lowest BCUT2D eigenvalue weighted by molar-refractivity contribution is 0.228. The summed E-state index contributed by atoms with van der Waals surface area (Å²) in [7, 11) is -2.88. The zero-order valence-corrected chi connectivity index (χ0v) is 13.0. The SMILES string of the molecule is O=S1(=O)CCC(Oc2ccc(Br)c(CBr)c2)C1. The van der Waals surface area contributed by atoms with Gasteiger partial charge >= 0.3 is 0 Å². The Morgan fingerprint density at radius 1 is 1.41 bits per heavy atom. The molecule has 6 heteroatoms. The van der Waals surface area contributed by atoms with E-state index in [1.165, 1.54) is 0 Å². The molecule has 1 atom stereocenters. The number of sulfone groups is 1. The van der Waals surface area contributed by atoms with Crippen molar-refractivity contribution in [3.05, 3.63) is 28.2 Å². The molecule has 0 aliphatic carbocycles. The summed E-state index contributed by atoms with van der Waals surface area (Å²) in [5.41, 5.74) is 1.09. The number of ether oxygens (including phenoxy) is 1. The Morgan fingerprint density at radius 2 is 2.18 bits per heavy atom. The van der Waals surface area contributed by atoms with Gasteiger partial charge in [0.05, 0.1) is 11.5 Å². The number of halogens is 2. The molecule has 0 spiro atoms. The van der Waals surface area contributed by atoms with Crippen LogP contribution in [0.4, 0.5) is 0 Å². The summed E-state index contributed by atoms with van der Waals surface area (Å²) in [5.74, 6) is 1.09. The quantitative estimate of drug-likeness (QED) is 0.753. The molecule has 0 N–H and O–H groups in total. The van der Waals surface area contributed by atoms with Crippen LogP contribution >= 0.6 is 31.9 Å². The van der Waals surface area contributed by atoms with E-state index in [9.17, 15) is 8.42 Å². The fraction of sp³-hybridized carbons (Fsp3) is 0.455. The molecule has 2 rings (SSSR count). The number of hydrogen-bond acceptors (Lipinski definition) is 3. The Morgan fingerprint density at radius 3 is 2.76 bits per heavy atom. The van der Waals surface area contributed by atoms with Crippen molar-refractivity contribution in [3.8, 4) is 5.75 Å². The minimum atomic E-state index is -2.88. The molecular formula is C11H12Br2O3S. The molecule has 1 aromatic carbocycles. The molecule has 0 aromatic heterocycles. The summed E-state index contributed by atoms with van der Waals surface area (Å²) in [6.45, 7) is 0. The predicted octanol–water partition coefficient (Wildman–Crippen LogP) is 2.91. The molecule has 0 amide bonds. The highest BCUT2D eigenvalue weighted by atomic mass is 79.9. The highest BCUT2D eigenvalue weighted by molar-refractivity contribution is 9.10. The maximum absolute atomic E-state index is 11.3. The van der Waals surface area contributed by atoms with Crippen molar-refractivity contribution < 1.29 is 13.2 Å². The smallest absolute Gasteiger partial charge is 0.154 e. The molecule has 1 unspecified atom stereocenters. The van der Waals surface area contributed by atoms with Crippen LogP contribution in [0.25, 0.3) is 0 Å². The number of hydrogen-bond donors (Lipinski definition) is 0. The summed E-state index contributed by atoms with van der Waals surface area (Å²) in [4.78, 5) is 0. The van der Waals surface area contributed by atoms with Gasteiger partial charge in [-0.1, -0.05) is 31.9 Å². The van der Waals surface area contributed by atoms with Gasteiger partial charge in [-0.25, -0.2) is 8.42 Å². The van der Waals surface area contributed by atoms with Gasteiger partial charge in [-0.3, -0.25) is 0 Å². The van der Waals surface area contributed by atoms with Crippen molar-refractivity contribution in [2.45, 2.75) is 17.9 Å². The van der Waals surface area contributed by atoms with Crippen LogP contribution in [0.3, 0.4) is 0 Å². The third-order valence-electron chi connectivity index (χ3n) is 2.65. The van der Waals surface area contributed by atoms with Crippen molar-refractivity contribution in [2.75, 3.05) is 11.5 Å². The molecule has 1 saturated heterocycles. The van der Waals surface area contributed by atoms with Crippen molar-refractivity contribution in [2.24, 2.45) is 0 Å². The number of alkyl halides is 1. The van der Waals surface area contributed by atoms with Crippen LogP contribution in [0.15, 0.2) is 22.7 Å². The van der Waals surface area contributed by atoms with Gasteiger partial charge in [-0.15, -0.1) is 0 Å². The van der Waals surface area contributed by atoms with Gasteiger partial charge in [0.25, 0.3) is 0 Å². The van der Waals surface area contributed by atoms with E-state index < -0.39 is 9.84 Å². The van der Waals surface area contributed by atoms with E-state index in [0.29, 0.717) is 6.42 Å². The topological polar surface area (TPSA) is 43.4 Å². The van der Waals surface area contributed by atoms with Crippen LogP contribution in [0.1, 0.15) is 12.0 Å². The number of rotatable bonds is 3. The van der Waals surface area contributed by atoms with Crippen LogP contribution in [-0.4, -0.2) is 26.0 Å². The predicted molar refractivity (Wildman–Crippen MR) is 74.5 cm³/mol. The van der Waals surface area contributed by atoms with E-state index in [1.807, 2.05) is 18.2 Å². The van der Waals surface area contributed by atoms with E-state index >= 15 is 0 Å². The highest BCUT2D eigenvalue weighted by Gasteiger charge is 2.29. The van der Waals surface area contributed by atoms with Gasteiger partial charge < -0.3 is 4.74 Å². The van der Waals surface area contributed by atoms with Gasteiger partial charge in [0.1, 0.15) is 11.9 Å². The van der Waals surface area contributed by atoms with E-state index in [-0.39, 0.29) is 17.6 Å². The molecule has 0 bridgehead atoms. The van der Waals surface area contributed by atoms with Crippen LogP contribution in [-0.2, 0) is 15.2 Å². The van der Waals surface area contributed by atoms with Gasteiger partial charge in [0, 0.05) is 9.80 Å². The minimum absolute atomic E-state index is 0.132. The van der Waals surface area contributed by atoms with Gasteiger partial charge in [-0.2, -0.15) is 0 Å². The molecule has 1 fully saturated rings. The van der Waals surface area contributed by atoms with Gasteiger partial charge in [0.2, 0.25) is 0 Å². The van der Waals surface area contributed by atoms with Gasteiger partial charge in [-0.05, 0) is 30.2 Å². The second-order valence-corrected chi connectivity index (χ2v) is 7.67. The molecule has 1 heterocycles. The van der Waals surface area contributed by atoms with Crippen LogP contribution < -0.4 is 4.74 Å². The maximum Gasteiger partial charge on any atom is 0.154 e. The van der Waals surface area contributed by atoms with Crippen molar-refractivity contribution in [1.29, 1.82) is 0 Å². The first-order valence-electron chi connectivity index (χ1n) is 5.21. The van der Waals surface area contributed by atoms with E-state index in [0.717, 1.165) is 21.1 Å². The standard InChI is InChI=1S/C11H12Br2O3S/c12-6-8-5-9(1-2-11(8)13)16-10-3-4-17(14,15)7-10/h1-2,5,10H,3-4,6-7H2. The monoisotopic (exact) mass is 382 g/mol. The molecule has 0 radical (unpaired) electrons. The minimum Gasteiger partial charge on any atom is -0.489 e. The number of benzene rings is 1. The summed E-state index contributed by atoms with van der Waals surface area (Å²) >= 11 is 6.83. The second kappa shape index (κ2) is 5.28. The first-order chi connectivity index (χ1) is 8.00. The Kier molecular flexibility index (Phi) is 4.15. The molecule has 94 valence electrons. The first kappa shape index (κ1) is 13.4. The molecule has 1 aliphatic rings. The van der Waals surface area contributed by atoms with E-state index in [2.05, 4.69) is 31.9 Å². The average molecular weight is 384 g/mol. The molecular weight excluding hydrogens is 372 g/mol. The van der Waals surface area contributed by atoms with Crippen LogP contribution in [0.2, 0.25) is 0 Å². The van der Waals surface area contributed by atoms with Gasteiger partial charge in [0.15, 0.2) is 9.84 Å². The van der Waals surface area contributed by atoms with Crippen molar-refractivity contribution in [3.63, 3.8) is 0 Å².